The topological polar surface area (TPSA) is 78.3 Å². The van der Waals surface area contributed by atoms with Crippen LogP contribution in [0.3, 0.4) is 0 Å². The van der Waals surface area contributed by atoms with Crippen molar-refractivity contribution in [2.45, 2.75) is 0 Å². The first-order valence-electron chi connectivity index (χ1n) is 2.09. The zero-order valence-electron chi connectivity index (χ0n) is 4.31. The van der Waals surface area contributed by atoms with Gasteiger partial charge in [-0.2, -0.15) is 15.2 Å². The minimum absolute atomic E-state index is 0. The summed E-state index contributed by atoms with van der Waals surface area (Å²) >= 11 is 0. The molecule has 0 N–H and O–H groups in total. The van der Waals surface area contributed by atoms with E-state index in [1.807, 2.05) is 0 Å². The average Bonchev–Trinajstić information content (AvgIpc) is 2.34. The van der Waals surface area contributed by atoms with Gasteiger partial charge in [-0.3, -0.25) is 0 Å². The molecule has 0 aliphatic carbocycles. The summed E-state index contributed by atoms with van der Waals surface area (Å²) in [6.45, 7) is 0. The SMILES string of the molecule is N#Cc1cn(C#N)nn1.[LiH]. The van der Waals surface area contributed by atoms with Gasteiger partial charge in [0.25, 0.3) is 0 Å². The Morgan fingerprint density at radius 3 is 2.50 bits per heavy atom. The van der Waals surface area contributed by atoms with Crippen LogP contribution in [0.2, 0.25) is 0 Å². The molecule has 0 bridgehead atoms. The molecule has 0 unspecified atom stereocenters. The Morgan fingerprint density at radius 1 is 1.50 bits per heavy atom. The molecule has 1 heterocycles. The van der Waals surface area contributed by atoms with E-state index in [0.29, 0.717) is 0 Å². The van der Waals surface area contributed by atoms with Gasteiger partial charge in [0, 0.05) is 0 Å². The molecule has 10 heavy (non-hydrogen) atoms. The molecule has 0 radical (unpaired) electrons. The third kappa shape index (κ3) is 1.60. The first kappa shape index (κ1) is 8.72. The number of hydrogen-bond donors (Lipinski definition) is 0. The Balaban J connectivity index is 0.000000810. The van der Waals surface area contributed by atoms with Crippen LogP contribution in [0.25, 0.3) is 0 Å². The van der Waals surface area contributed by atoms with Crippen LogP contribution in [-0.2, 0) is 0 Å². The van der Waals surface area contributed by atoms with Gasteiger partial charge in [-0.25, -0.2) is 0 Å². The van der Waals surface area contributed by atoms with E-state index in [1.54, 1.807) is 12.3 Å². The fourth-order valence-electron chi connectivity index (χ4n) is 0.364. The van der Waals surface area contributed by atoms with Crippen molar-refractivity contribution in [2.24, 2.45) is 0 Å². The minimum atomic E-state index is 0. The van der Waals surface area contributed by atoms with Gasteiger partial charge in [-0.15, -0.1) is 5.10 Å². The van der Waals surface area contributed by atoms with Crippen LogP contribution in [0, 0.1) is 22.8 Å². The second-order valence-corrected chi connectivity index (χ2v) is 1.26. The summed E-state index contributed by atoms with van der Waals surface area (Å²) in [5, 5.41) is 22.9. The van der Waals surface area contributed by atoms with E-state index in [0.717, 1.165) is 4.68 Å². The molecule has 1 aromatic heterocycles. The molecule has 0 aliphatic heterocycles. The summed E-state index contributed by atoms with van der Waals surface area (Å²) in [7, 11) is 0. The molecular weight excluding hydrogens is 125 g/mol. The van der Waals surface area contributed by atoms with E-state index in [1.165, 1.54) is 6.20 Å². The molecule has 0 saturated carbocycles. The van der Waals surface area contributed by atoms with Crippen LogP contribution in [-0.4, -0.2) is 33.9 Å². The van der Waals surface area contributed by atoms with Gasteiger partial charge in [0.2, 0.25) is 6.19 Å². The number of hydrogen-bond acceptors (Lipinski definition) is 4. The summed E-state index contributed by atoms with van der Waals surface area (Å²) < 4.78 is 0.915. The Labute approximate surface area is 69.0 Å². The number of aromatic nitrogens is 3. The number of rotatable bonds is 0. The van der Waals surface area contributed by atoms with E-state index >= 15 is 0 Å². The first-order chi connectivity index (χ1) is 4.36. The van der Waals surface area contributed by atoms with Crippen molar-refractivity contribution in [3.05, 3.63) is 11.9 Å². The molecule has 0 aromatic carbocycles. The quantitative estimate of drug-likeness (QED) is 0.411. The summed E-state index contributed by atoms with van der Waals surface area (Å²) in [6, 6.07) is 1.74. The molecule has 0 amide bonds. The standard InChI is InChI=1S/C4HN5.Li.H/c5-1-4-2-9(3-6)8-7-4;;/h2H;;. The van der Waals surface area contributed by atoms with E-state index in [2.05, 4.69) is 10.3 Å². The summed E-state index contributed by atoms with van der Waals surface area (Å²) in [5.74, 6) is 0. The van der Waals surface area contributed by atoms with Gasteiger partial charge < -0.3 is 0 Å². The predicted molar refractivity (Wildman–Crippen MR) is 32.9 cm³/mol. The fraction of sp³-hybridized carbons (Fsp3) is 0. The van der Waals surface area contributed by atoms with E-state index in [4.69, 9.17) is 10.5 Å². The molecule has 0 fully saturated rings. The normalized spacial score (nSPS) is 7.00. The molecule has 0 saturated heterocycles. The van der Waals surface area contributed by atoms with Crippen molar-refractivity contribution in [1.82, 2.24) is 15.0 Å². The summed E-state index contributed by atoms with van der Waals surface area (Å²) in [4.78, 5) is 0. The maximum absolute atomic E-state index is 8.17. The van der Waals surface area contributed by atoms with Crippen LogP contribution < -0.4 is 0 Å². The average molecular weight is 127 g/mol. The Morgan fingerprint density at radius 2 is 2.20 bits per heavy atom. The molecule has 44 valence electrons. The van der Waals surface area contributed by atoms with Crippen LogP contribution in [0.4, 0.5) is 0 Å². The molecule has 0 spiro atoms. The molecular formula is C4H2LiN5. The third-order valence-corrected chi connectivity index (χ3v) is 0.710. The second-order valence-electron chi connectivity index (χ2n) is 1.26. The Bertz CT molecular complexity index is 261. The Kier molecular flexibility index (Phi) is 3.21. The molecule has 1 rings (SSSR count). The van der Waals surface area contributed by atoms with Crippen molar-refractivity contribution >= 4 is 18.9 Å². The van der Waals surface area contributed by atoms with Crippen LogP contribution in [0.15, 0.2) is 6.20 Å². The van der Waals surface area contributed by atoms with E-state index in [9.17, 15) is 0 Å². The molecule has 6 heteroatoms. The Hall–Kier alpha value is -1.28. The van der Waals surface area contributed by atoms with Crippen molar-refractivity contribution in [3.63, 3.8) is 0 Å². The first-order valence-corrected chi connectivity index (χ1v) is 2.09. The van der Waals surface area contributed by atoms with Gasteiger partial charge >= 0.3 is 18.9 Å². The van der Waals surface area contributed by atoms with Gasteiger partial charge in [-0.05, 0) is 0 Å². The van der Waals surface area contributed by atoms with Crippen molar-refractivity contribution in [2.75, 3.05) is 0 Å². The predicted octanol–water partition coefficient (Wildman–Crippen LogP) is -1.17. The molecule has 1 aromatic rings. The fourth-order valence-corrected chi connectivity index (χ4v) is 0.364. The number of nitrogens with zero attached hydrogens (tertiary/aromatic N) is 5. The van der Waals surface area contributed by atoms with Gasteiger partial charge in [0.1, 0.15) is 6.07 Å². The summed E-state index contributed by atoms with van der Waals surface area (Å²) in [6.07, 6.45) is 2.92. The number of nitriles is 2. The monoisotopic (exact) mass is 127 g/mol. The molecule has 5 nitrogen and oxygen atoms in total. The van der Waals surface area contributed by atoms with Gasteiger partial charge in [0.05, 0.1) is 6.20 Å². The van der Waals surface area contributed by atoms with E-state index < -0.39 is 0 Å². The van der Waals surface area contributed by atoms with Gasteiger partial charge in [-0.1, -0.05) is 5.21 Å². The second kappa shape index (κ2) is 3.69. The summed E-state index contributed by atoms with van der Waals surface area (Å²) in [5.41, 5.74) is 0.150. The molecule has 0 aliphatic rings. The van der Waals surface area contributed by atoms with Crippen LogP contribution in [0.1, 0.15) is 5.69 Å². The third-order valence-electron chi connectivity index (χ3n) is 0.710. The van der Waals surface area contributed by atoms with Crippen LogP contribution in [0.5, 0.6) is 0 Å². The van der Waals surface area contributed by atoms with Crippen molar-refractivity contribution in [3.8, 4) is 12.3 Å². The zero-order valence-corrected chi connectivity index (χ0v) is 4.31. The van der Waals surface area contributed by atoms with Crippen LogP contribution >= 0.6 is 0 Å². The molecule has 0 atom stereocenters. The van der Waals surface area contributed by atoms with E-state index in [-0.39, 0.29) is 24.6 Å². The van der Waals surface area contributed by atoms with Gasteiger partial charge in [0.15, 0.2) is 5.69 Å². The zero-order chi connectivity index (χ0) is 6.69. The maximum atomic E-state index is 8.17. The van der Waals surface area contributed by atoms with Crippen molar-refractivity contribution in [1.29, 1.82) is 10.5 Å². The van der Waals surface area contributed by atoms with Crippen molar-refractivity contribution < 1.29 is 0 Å².